The summed E-state index contributed by atoms with van der Waals surface area (Å²) in [5.41, 5.74) is 0. The van der Waals surface area contributed by atoms with Crippen molar-refractivity contribution in [1.82, 2.24) is 15.1 Å². The summed E-state index contributed by atoms with van der Waals surface area (Å²) in [4.78, 5) is 16.5. The van der Waals surface area contributed by atoms with Gasteiger partial charge < -0.3 is 14.5 Å². The van der Waals surface area contributed by atoms with Gasteiger partial charge in [0.05, 0.1) is 12.5 Å². The summed E-state index contributed by atoms with van der Waals surface area (Å²) in [6, 6.07) is 4.30. The third-order valence-corrected chi connectivity index (χ3v) is 4.71. The minimum atomic E-state index is 0.146. The van der Waals surface area contributed by atoms with Crippen molar-refractivity contribution in [2.24, 2.45) is 0 Å². The van der Waals surface area contributed by atoms with E-state index >= 15 is 0 Å². The van der Waals surface area contributed by atoms with Gasteiger partial charge in [0, 0.05) is 39.0 Å². The van der Waals surface area contributed by atoms with E-state index in [0.717, 1.165) is 51.2 Å². The molecule has 22 heavy (non-hydrogen) atoms. The average Bonchev–Trinajstić information content (AvgIpc) is 3.08. The van der Waals surface area contributed by atoms with Crippen LogP contribution in [0.2, 0.25) is 0 Å². The molecule has 0 aromatic carbocycles. The van der Waals surface area contributed by atoms with Gasteiger partial charge in [-0.15, -0.1) is 5.10 Å². The zero-order valence-electron chi connectivity index (χ0n) is 13.1. The number of nitrogens with zero attached hydrogens (tertiary/aromatic N) is 4. The van der Waals surface area contributed by atoms with Gasteiger partial charge in [-0.25, -0.2) is 0 Å². The van der Waals surface area contributed by atoms with Crippen molar-refractivity contribution in [3.8, 4) is 0 Å². The summed E-state index contributed by atoms with van der Waals surface area (Å²) in [7, 11) is 2.05. The molecule has 3 rings (SSSR count). The highest BCUT2D eigenvalue weighted by molar-refractivity contribution is 5.76. The summed E-state index contributed by atoms with van der Waals surface area (Å²) in [5.74, 6) is 1.14. The topological polar surface area (TPSA) is 58.6 Å². The highest BCUT2D eigenvalue weighted by Gasteiger charge is 2.28. The lowest BCUT2D eigenvalue weighted by Gasteiger charge is -2.37. The molecule has 2 aliphatic rings. The van der Waals surface area contributed by atoms with E-state index in [1.165, 1.54) is 0 Å². The fraction of sp³-hybridized carbons (Fsp3) is 0.688. The molecular weight excluding hydrogens is 280 g/mol. The fourth-order valence-corrected chi connectivity index (χ4v) is 3.30. The van der Waals surface area contributed by atoms with Gasteiger partial charge in [-0.1, -0.05) is 0 Å². The van der Waals surface area contributed by atoms with E-state index in [9.17, 15) is 4.79 Å². The molecule has 2 saturated heterocycles. The molecular formula is C16H24N4O2. The fourth-order valence-electron chi connectivity index (χ4n) is 3.30. The third kappa shape index (κ3) is 3.55. The highest BCUT2D eigenvalue weighted by atomic mass is 16.5. The molecule has 0 saturated carbocycles. The number of rotatable bonds is 4. The molecule has 0 bridgehead atoms. The number of aromatic nitrogens is 2. The van der Waals surface area contributed by atoms with Crippen LogP contribution in [0.25, 0.3) is 0 Å². The minimum Gasteiger partial charge on any atom is -0.378 e. The Balaban J connectivity index is 1.48. The van der Waals surface area contributed by atoms with Crippen LogP contribution in [0, 0.1) is 0 Å². The van der Waals surface area contributed by atoms with Crippen molar-refractivity contribution < 1.29 is 9.53 Å². The number of anilines is 1. The van der Waals surface area contributed by atoms with Gasteiger partial charge in [0.15, 0.2) is 5.82 Å². The van der Waals surface area contributed by atoms with Crippen LogP contribution in [-0.2, 0) is 9.53 Å². The Hall–Kier alpha value is -1.69. The molecule has 0 aliphatic carbocycles. The normalized spacial score (nSPS) is 22.8. The number of piperidine rings is 1. The Morgan fingerprint density at radius 1 is 1.41 bits per heavy atom. The molecule has 0 spiro atoms. The summed E-state index contributed by atoms with van der Waals surface area (Å²) in [5, 5.41) is 8.09. The molecule has 1 atom stereocenters. The molecule has 2 aliphatic heterocycles. The first-order chi connectivity index (χ1) is 10.7. The Morgan fingerprint density at radius 2 is 2.23 bits per heavy atom. The van der Waals surface area contributed by atoms with E-state index in [4.69, 9.17) is 4.74 Å². The van der Waals surface area contributed by atoms with Gasteiger partial charge >= 0.3 is 0 Å². The van der Waals surface area contributed by atoms with E-state index in [-0.39, 0.29) is 12.0 Å². The van der Waals surface area contributed by atoms with Crippen LogP contribution in [0.3, 0.4) is 0 Å². The number of hydrogen-bond donors (Lipinski definition) is 0. The zero-order chi connectivity index (χ0) is 15.4. The lowest BCUT2D eigenvalue weighted by atomic mass is 10.0. The van der Waals surface area contributed by atoms with Crippen LogP contribution in [0.15, 0.2) is 18.3 Å². The van der Waals surface area contributed by atoms with Crippen molar-refractivity contribution in [3.63, 3.8) is 0 Å². The predicted octanol–water partition coefficient (Wildman–Crippen LogP) is 1.47. The second kappa shape index (κ2) is 7.05. The first-order valence-electron chi connectivity index (χ1n) is 8.14. The molecule has 6 heteroatoms. The van der Waals surface area contributed by atoms with Gasteiger partial charge in [0.25, 0.3) is 0 Å². The van der Waals surface area contributed by atoms with E-state index in [2.05, 4.69) is 22.1 Å². The third-order valence-electron chi connectivity index (χ3n) is 4.71. The number of hydrogen-bond acceptors (Lipinski definition) is 5. The minimum absolute atomic E-state index is 0.146. The highest BCUT2D eigenvalue weighted by Crippen LogP contribution is 2.22. The smallest absolute Gasteiger partial charge is 0.225 e. The predicted molar refractivity (Wildman–Crippen MR) is 83.6 cm³/mol. The van der Waals surface area contributed by atoms with Crippen LogP contribution in [-0.4, -0.2) is 59.9 Å². The van der Waals surface area contributed by atoms with Crippen molar-refractivity contribution in [1.29, 1.82) is 0 Å². The van der Waals surface area contributed by atoms with Crippen molar-refractivity contribution in [3.05, 3.63) is 18.3 Å². The summed E-state index contributed by atoms with van der Waals surface area (Å²) >= 11 is 0. The van der Waals surface area contributed by atoms with Crippen LogP contribution in [0.1, 0.15) is 32.1 Å². The molecule has 0 N–H and O–H groups in total. The maximum Gasteiger partial charge on any atom is 0.225 e. The lowest BCUT2D eigenvalue weighted by molar-refractivity contribution is -0.134. The molecule has 120 valence electrons. The van der Waals surface area contributed by atoms with Crippen LogP contribution in [0.5, 0.6) is 0 Å². The summed E-state index contributed by atoms with van der Waals surface area (Å²) in [6.45, 7) is 2.45. The molecule has 1 aromatic heterocycles. The molecule has 6 nitrogen and oxygen atoms in total. The standard InChI is InChI=1S/C16H24N4O2/c1-19(15-5-2-8-17-18-15)13-6-9-20(10-7-13)16(21)12-14-4-3-11-22-14/h2,5,8,13-14H,3-4,6-7,9-12H2,1H3/t14-/m0/s1. The molecule has 1 aromatic rings. The lowest BCUT2D eigenvalue weighted by Crippen LogP contribution is -2.46. The van der Waals surface area contributed by atoms with Gasteiger partial charge in [0.1, 0.15) is 0 Å². The van der Waals surface area contributed by atoms with Gasteiger partial charge in [0.2, 0.25) is 5.91 Å². The SMILES string of the molecule is CN(c1cccnn1)C1CCN(C(=O)C[C@@H]2CCCO2)CC1. The molecule has 3 heterocycles. The second-order valence-electron chi connectivity index (χ2n) is 6.14. The van der Waals surface area contributed by atoms with Crippen LogP contribution in [0.4, 0.5) is 5.82 Å². The quantitative estimate of drug-likeness (QED) is 0.843. The van der Waals surface area contributed by atoms with E-state index in [1.54, 1.807) is 6.20 Å². The van der Waals surface area contributed by atoms with Crippen molar-refractivity contribution in [2.45, 2.75) is 44.2 Å². The number of carbonyl (C=O) groups excluding carboxylic acids is 1. The van der Waals surface area contributed by atoms with E-state index in [0.29, 0.717) is 12.5 Å². The Bertz CT molecular complexity index is 482. The molecule has 0 unspecified atom stereocenters. The van der Waals surface area contributed by atoms with E-state index in [1.807, 2.05) is 17.0 Å². The van der Waals surface area contributed by atoms with Crippen LogP contribution < -0.4 is 4.90 Å². The molecule has 2 fully saturated rings. The maximum atomic E-state index is 12.3. The van der Waals surface area contributed by atoms with Gasteiger partial charge in [-0.05, 0) is 37.8 Å². The number of ether oxygens (including phenoxy) is 1. The van der Waals surface area contributed by atoms with E-state index < -0.39 is 0 Å². The molecule has 1 amide bonds. The number of carbonyl (C=O) groups is 1. The van der Waals surface area contributed by atoms with Crippen molar-refractivity contribution >= 4 is 11.7 Å². The Labute approximate surface area is 131 Å². The first-order valence-corrected chi connectivity index (χ1v) is 8.14. The van der Waals surface area contributed by atoms with Gasteiger partial charge in [-0.3, -0.25) is 4.79 Å². The Kier molecular flexibility index (Phi) is 4.87. The number of likely N-dealkylation sites (tertiary alicyclic amines) is 1. The number of amides is 1. The monoisotopic (exact) mass is 304 g/mol. The largest absolute Gasteiger partial charge is 0.378 e. The second-order valence-corrected chi connectivity index (χ2v) is 6.14. The average molecular weight is 304 g/mol. The zero-order valence-corrected chi connectivity index (χ0v) is 13.1. The molecule has 0 radical (unpaired) electrons. The Morgan fingerprint density at radius 3 is 2.86 bits per heavy atom. The first kappa shape index (κ1) is 15.2. The van der Waals surface area contributed by atoms with Gasteiger partial charge in [-0.2, -0.15) is 5.10 Å². The summed E-state index contributed by atoms with van der Waals surface area (Å²) < 4.78 is 5.56. The van der Waals surface area contributed by atoms with Crippen LogP contribution >= 0.6 is 0 Å². The summed E-state index contributed by atoms with van der Waals surface area (Å²) in [6.07, 6.45) is 6.44. The maximum absolute atomic E-state index is 12.3. The van der Waals surface area contributed by atoms with Crippen molar-refractivity contribution in [2.75, 3.05) is 31.6 Å².